The van der Waals surface area contributed by atoms with Crippen LogP contribution in [0.4, 0.5) is 0 Å². The van der Waals surface area contributed by atoms with E-state index in [1.54, 1.807) is 0 Å². The van der Waals surface area contributed by atoms with E-state index >= 15 is 0 Å². The van der Waals surface area contributed by atoms with Gasteiger partial charge in [0.05, 0.1) is 0 Å². The maximum absolute atomic E-state index is 5.57. The van der Waals surface area contributed by atoms with Gasteiger partial charge in [-0.3, -0.25) is 0 Å². The zero-order chi connectivity index (χ0) is 9.23. The summed E-state index contributed by atoms with van der Waals surface area (Å²) < 4.78 is 5.45. The van der Waals surface area contributed by atoms with Crippen LogP contribution in [-0.2, 0) is 4.74 Å². The number of hydrogen-bond acceptors (Lipinski definition) is 2. The molecule has 0 aromatic carbocycles. The largest absolute Gasteiger partial charge is 0.381 e. The summed E-state index contributed by atoms with van der Waals surface area (Å²) in [4.78, 5) is 0. The molecule has 0 radical (unpaired) electrons. The standard InChI is InChI=1S/C10H23NO/c1-3-5-7-12-8-6-10(4-2)9-11/h10H,3-9,11H2,1-2H3. The van der Waals surface area contributed by atoms with Crippen molar-refractivity contribution in [3.63, 3.8) is 0 Å². The first kappa shape index (κ1) is 11.9. The Bertz CT molecular complexity index is 81.9. The molecule has 74 valence electrons. The van der Waals surface area contributed by atoms with Crippen LogP contribution < -0.4 is 5.73 Å². The Kier molecular flexibility index (Phi) is 8.95. The van der Waals surface area contributed by atoms with Crippen LogP contribution in [0.25, 0.3) is 0 Å². The molecule has 0 saturated heterocycles. The minimum atomic E-state index is 0.659. The SMILES string of the molecule is CCCCOCCC(CC)CN. The molecule has 1 unspecified atom stereocenters. The van der Waals surface area contributed by atoms with E-state index < -0.39 is 0 Å². The van der Waals surface area contributed by atoms with Gasteiger partial charge in [0.1, 0.15) is 0 Å². The van der Waals surface area contributed by atoms with Gasteiger partial charge in [-0.2, -0.15) is 0 Å². The topological polar surface area (TPSA) is 35.2 Å². The molecule has 12 heavy (non-hydrogen) atoms. The lowest BCUT2D eigenvalue weighted by atomic mass is 10.0. The van der Waals surface area contributed by atoms with Crippen molar-refractivity contribution >= 4 is 0 Å². The monoisotopic (exact) mass is 173 g/mol. The van der Waals surface area contributed by atoms with E-state index in [2.05, 4.69) is 13.8 Å². The molecular formula is C10H23NO. The van der Waals surface area contributed by atoms with Gasteiger partial charge in [0.2, 0.25) is 0 Å². The highest BCUT2D eigenvalue weighted by Gasteiger charge is 2.02. The molecule has 0 aliphatic heterocycles. The van der Waals surface area contributed by atoms with Crippen LogP contribution in [0.5, 0.6) is 0 Å². The van der Waals surface area contributed by atoms with Gasteiger partial charge >= 0.3 is 0 Å². The van der Waals surface area contributed by atoms with Gasteiger partial charge in [0.15, 0.2) is 0 Å². The Hall–Kier alpha value is -0.0800. The number of rotatable bonds is 8. The van der Waals surface area contributed by atoms with Gasteiger partial charge in [-0.1, -0.05) is 26.7 Å². The third-order valence-corrected chi connectivity index (χ3v) is 2.22. The highest BCUT2D eigenvalue weighted by atomic mass is 16.5. The van der Waals surface area contributed by atoms with Crippen LogP contribution in [0.3, 0.4) is 0 Å². The Balaban J connectivity index is 3.06. The minimum absolute atomic E-state index is 0.659. The molecule has 0 aliphatic carbocycles. The fourth-order valence-electron chi connectivity index (χ4n) is 1.09. The average molecular weight is 173 g/mol. The van der Waals surface area contributed by atoms with Gasteiger partial charge in [0.25, 0.3) is 0 Å². The maximum Gasteiger partial charge on any atom is 0.0469 e. The summed E-state index contributed by atoms with van der Waals surface area (Å²) in [7, 11) is 0. The molecule has 0 aliphatic rings. The second-order valence-electron chi connectivity index (χ2n) is 3.26. The first-order valence-corrected chi connectivity index (χ1v) is 5.12. The summed E-state index contributed by atoms with van der Waals surface area (Å²) in [5.74, 6) is 0.659. The molecule has 0 aromatic rings. The molecule has 2 N–H and O–H groups in total. The lowest BCUT2D eigenvalue weighted by Crippen LogP contribution is -2.15. The van der Waals surface area contributed by atoms with Gasteiger partial charge in [-0.05, 0) is 25.3 Å². The van der Waals surface area contributed by atoms with Crippen LogP contribution in [0.2, 0.25) is 0 Å². The van der Waals surface area contributed by atoms with Crippen molar-refractivity contribution in [1.29, 1.82) is 0 Å². The van der Waals surface area contributed by atoms with Crippen molar-refractivity contribution in [2.24, 2.45) is 11.7 Å². The maximum atomic E-state index is 5.57. The first-order chi connectivity index (χ1) is 5.85. The van der Waals surface area contributed by atoms with E-state index in [1.807, 2.05) is 0 Å². The lowest BCUT2D eigenvalue weighted by molar-refractivity contribution is 0.117. The minimum Gasteiger partial charge on any atom is -0.381 e. The lowest BCUT2D eigenvalue weighted by Gasteiger charge is -2.11. The molecule has 0 aromatic heterocycles. The Morgan fingerprint density at radius 3 is 2.50 bits per heavy atom. The molecule has 2 heteroatoms. The summed E-state index contributed by atoms with van der Waals surface area (Å²) in [5.41, 5.74) is 5.57. The molecule has 0 heterocycles. The van der Waals surface area contributed by atoms with Gasteiger partial charge in [-0.25, -0.2) is 0 Å². The van der Waals surface area contributed by atoms with Gasteiger partial charge in [0, 0.05) is 13.2 Å². The van der Waals surface area contributed by atoms with E-state index in [-0.39, 0.29) is 0 Å². The molecule has 0 fully saturated rings. The Labute approximate surface area is 76.5 Å². The fourth-order valence-corrected chi connectivity index (χ4v) is 1.09. The van der Waals surface area contributed by atoms with E-state index in [1.165, 1.54) is 19.3 Å². The van der Waals surface area contributed by atoms with Gasteiger partial charge < -0.3 is 10.5 Å². The second-order valence-corrected chi connectivity index (χ2v) is 3.26. The van der Waals surface area contributed by atoms with E-state index in [9.17, 15) is 0 Å². The number of nitrogens with two attached hydrogens (primary N) is 1. The van der Waals surface area contributed by atoms with Crippen LogP contribution in [0.1, 0.15) is 39.5 Å². The van der Waals surface area contributed by atoms with E-state index in [0.29, 0.717) is 5.92 Å². The van der Waals surface area contributed by atoms with E-state index in [0.717, 1.165) is 26.2 Å². The Morgan fingerprint density at radius 2 is 2.00 bits per heavy atom. The van der Waals surface area contributed by atoms with E-state index in [4.69, 9.17) is 10.5 Å². The summed E-state index contributed by atoms with van der Waals surface area (Å²) in [6.45, 7) is 6.96. The van der Waals surface area contributed by atoms with Crippen LogP contribution >= 0.6 is 0 Å². The summed E-state index contributed by atoms with van der Waals surface area (Å²) in [5, 5.41) is 0. The third-order valence-electron chi connectivity index (χ3n) is 2.22. The second kappa shape index (κ2) is 9.01. The Morgan fingerprint density at radius 1 is 1.25 bits per heavy atom. The van der Waals surface area contributed by atoms with Crippen LogP contribution in [0, 0.1) is 5.92 Å². The van der Waals surface area contributed by atoms with Crippen molar-refractivity contribution in [1.82, 2.24) is 0 Å². The normalized spacial score (nSPS) is 13.2. The number of unbranched alkanes of at least 4 members (excludes halogenated alkanes) is 1. The highest BCUT2D eigenvalue weighted by molar-refractivity contribution is 4.56. The zero-order valence-electron chi connectivity index (χ0n) is 8.51. The predicted octanol–water partition coefficient (Wildman–Crippen LogP) is 2.18. The first-order valence-electron chi connectivity index (χ1n) is 5.12. The number of ether oxygens (including phenoxy) is 1. The molecule has 0 bridgehead atoms. The van der Waals surface area contributed by atoms with Crippen molar-refractivity contribution in [3.05, 3.63) is 0 Å². The van der Waals surface area contributed by atoms with Crippen molar-refractivity contribution in [3.8, 4) is 0 Å². The molecule has 1 atom stereocenters. The number of hydrogen-bond donors (Lipinski definition) is 1. The molecule has 0 amide bonds. The molecule has 0 saturated carbocycles. The highest BCUT2D eigenvalue weighted by Crippen LogP contribution is 2.05. The van der Waals surface area contributed by atoms with Crippen molar-refractivity contribution in [2.45, 2.75) is 39.5 Å². The van der Waals surface area contributed by atoms with Crippen LogP contribution in [0.15, 0.2) is 0 Å². The summed E-state index contributed by atoms with van der Waals surface area (Å²) >= 11 is 0. The molecule has 0 spiro atoms. The predicted molar refractivity (Wildman–Crippen MR) is 53.2 cm³/mol. The zero-order valence-corrected chi connectivity index (χ0v) is 8.51. The summed E-state index contributed by atoms with van der Waals surface area (Å²) in [6.07, 6.45) is 4.69. The quantitative estimate of drug-likeness (QED) is 0.571. The third kappa shape index (κ3) is 6.62. The van der Waals surface area contributed by atoms with Crippen LogP contribution in [-0.4, -0.2) is 19.8 Å². The van der Waals surface area contributed by atoms with Crippen molar-refractivity contribution in [2.75, 3.05) is 19.8 Å². The smallest absolute Gasteiger partial charge is 0.0469 e. The fraction of sp³-hybridized carbons (Fsp3) is 1.00. The van der Waals surface area contributed by atoms with Crippen molar-refractivity contribution < 1.29 is 4.74 Å². The average Bonchev–Trinajstić information content (AvgIpc) is 2.11. The molecular weight excluding hydrogens is 150 g/mol. The molecule has 0 rings (SSSR count). The van der Waals surface area contributed by atoms with Gasteiger partial charge in [-0.15, -0.1) is 0 Å². The summed E-state index contributed by atoms with van der Waals surface area (Å²) in [6, 6.07) is 0. The molecule has 2 nitrogen and oxygen atoms in total.